The van der Waals surface area contributed by atoms with E-state index in [0.717, 1.165) is 6.54 Å². The molecule has 0 radical (unpaired) electrons. The molecule has 0 fully saturated rings. The molecule has 2 heteroatoms. The highest BCUT2D eigenvalue weighted by atomic mass is 15.1. The lowest BCUT2D eigenvalue weighted by Crippen LogP contribution is -2.31. The van der Waals surface area contributed by atoms with Crippen LogP contribution in [0.15, 0.2) is 6.08 Å². The first-order chi connectivity index (χ1) is 8.28. The van der Waals surface area contributed by atoms with Crippen LogP contribution in [0.4, 0.5) is 0 Å². The molecule has 1 unspecified atom stereocenters. The number of allylic oxidation sites excluding steroid dienone is 1. The first-order valence-electron chi connectivity index (χ1n) is 6.91. The van der Waals surface area contributed by atoms with Crippen molar-refractivity contribution in [2.45, 2.75) is 39.7 Å². The Morgan fingerprint density at radius 2 is 2.29 bits per heavy atom. The van der Waals surface area contributed by atoms with Gasteiger partial charge in [-0.3, -0.25) is 4.90 Å². The topological polar surface area (TPSA) is 19.0 Å². The Bertz CT molecular complexity index is 442. The average Bonchev–Trinajstić information content (AvgIpc) is 2.65. The van der Waals surface area contributed by atoms with Crippen molar-refractivity contribution < 1.29 is 0 Å². The van der Waals surface area contributed by atoms with Crippen molar-refractivity contribution >= 4 is 6.08 Å². The molecule has 1 aromatic heterocycles. The molecule has 1 aliphatic carbocycles. The standard InChI is InChI=1S/C15H22N2/c1-3-7-17-8-6-13-12-5-4-11(2)9-14(12)16-15(13)10-17/h4-5,11,16H,3,6-10H2,1-2H3. The fourth-order valence-corrected chi connectivity index (χ4v) is 3.18. The summed E-state index contributed by atoms with van der Waals surface area (Å²) in [6.45, 7) is 8.14. The van der Waals surface area contributed by atoms with Crippen LogP contribution in [0.5, 0.6) is 0 Å². The minimum atomic E-state index is 0.689. The van der Waals surface area contributed by atoms with E-state index < -0.39 is 0 Å². The zero-order chi connectivity index (χ0) is 11.8. The molecule has 0 aromatic carbocycles. The van der Waals surface area contributed by atoms with Crippen LogP contribution in [-0.2, 0) is 19.4 Å². The molecule has 0 saturated heterocycles. The number of aromatic amines is 1. The predicted molar refractivity (Wildman–Crippen MR) is 72.0 cm³/mol. The molecule has 2 heterocycles. The Kier molecular flexibility index (Phi) is 2.83. The van der Waals surface area contributed by atoms with Crippen LogP contribution >= 0.6 is 0 Å². The van der Waals surface area contributed by atoms with Crippen molar-refractivity contribution in [2.75, 3.05) is 13.1 Å². The molecule has 0 saturated carbocycles. The summed E-state index contributed by atoms with van der Waals surface area (Å²) in [7, 11) is 0. The highest BCUT2D eigenvalue weighted by Gasteiger charge is 2.24. The lowest BCUT2D eigenvalue weighted by atomic mass is 9.92. The molecule has 3 rings (SSSR count). The van der Waals surface area contributed by atoms with E-state index in [1.54, 1.807) is 5.56 Å². The van der Waals surface area contributed by atoms with Gasteiger partial charge in [-0.1, -0.05) is 26.0 Å². The van der Waals surface area contributed by atoms with Gasteiger partial charge in [0.15, 0.2) is 0 Å². The Morgan fingerprint density at radius 3 is 3.12 bits per heavy atom. The summed E-state index contributed by atoms with van der Waals surface area (Å²) in [5, 5.41) is 0. The molecule has 1 aromatic rings. The van der Waals surface area contributed by atoms with Gasteiger partial charge in [-0.05, 0) is 42.9 Å². The van der Waals surface area contributed by atoms with Crippen LogP contribution in [0.1, 0.15) is 42.8 Å². The van der Waals surface area contributed by atoms with Crippen LogP contribution in [0.3, 0.4) is 0 Å². The number of aromatic nitrogens is 1. The van der Waals surface area contributed by atoms with Crippen molar-refractivity contribution in [3.8, 4) is 0 Å². The fraction of sp³-hybridized carbons (Fsp3) is 0.600. The molecule has 0 spiro atoms. The number of rotatable bonds is 2. The lowest BCUT2D eigenvalue weighted by Gasteiger charge is -2.26. The van der Waals surface area contributed by atoms with Gasteiger partial charge in [0, 0.05) is 24.5 Å². The smallest absolute Gasteiger partial charge is 0.0388 e. The van der Waals surface area contributed by atoms with E-state index in [1.807, 2.05) is 0 Å². The fourth-order valence-electron chi connectivity index (χ4n) is 3.18. The Balaban J connectivity index is 1.89. The van der Waals surface area contributed by atoms with Gasteiger partial charge in [0.25, 0.3) is 0 Å². The first-order valence-corrected chi connectivity index (χ1v) is 6.91. The molecule has 1 N–H and O–H groups in total. The van der Waals surface area contributed by atoms with E-state index in [-0.39, 0.29) is 0 Å². The normalized spacial score (nSPS) is 23.5. The Labute approximate surface area is 104 Å². The molecule has 2 nitrogen and oxygen atoms in total. The van der Waals surface area contributed by atoms with Gasteiger partial charge in [0.05, 0.1) is 0 Å². The number of hydrogen-bond acceptors (Lipinski definition) is 1. The second-order valence-corrected chi connectivity index (χ2v) is 5.54. The van der Waals surface area contributed by atoms with Gasteiger partial charge in [0.1, 0.15) is 0 Å². The summed E-state index contributed by atoms with van der Waals surface area (Å²) in [6.07, 6.45) is 8.36. The molecule has 2 aliphatic rings. The highest BCUT2D eigenvalue weighted by molar-refractivity contribution is 5.61. The summed E-state index contributed by atoms with van der Waals surface area (Å²) in [5.74, 6) is 0.689. The van der Waals surface area contributed by atoms with Crippen molar-refractivity contribution in [3.63, 3.8) is 0 Å². The van der Waals surface area contributed by atoms with Gasteiger partial charge in [-0.25, -0.2) is 0 Å². The van der Waals surface area contributed by atoms with Crippen molar-refractivity contribution in [1.82, 2.24) is 9.88 Å². The third kappa shape index (κ3) is 1.95. The minimum absolute atomic E-state index is 0.689. The van der Waals surface area contributed by atoms with Gasteiger partial charge in [-0.15, -0.1) is 0 Å². The number of hydrogen-bond donors (Lipinski definition) is 1. The first kappa shape index (κ1) is 11.1. The average molecular weight is 230 g/mol. The van der Waals surface area contributed by atoms with E-state index in [2.05, 4.69) is 35.9 Å². The van der Waals surface area contributed by atoms with Crippen molar-refractivity contribution in [3.05, 3.63) is 28.6 Å². The van der Waals surface area contributed by atoms with E-state index in [0.29, 0.717) is 5.92 Å². The number of nitrogens with zero attached hydrogens (tertiary/aromatic N) is 1. The van der Waals surface area contributed by atoms with E-state index >= 15 is 0 Å². The highest BCUT2D eigenvalue weighted by Crippen LogP contribution is 2.31. The third-order valence-electron chi connectivity index (χ3n) is 4.03. The second kappa shape index (κ2) is 4.34. The molecule has 0 amide bonds. The lowest BCUT2D eigenvalue weighted by molar-refractivity contribution is 0.252. The maximum absolute atomic E-state index is 3.68. The minimum Gasteiger partial charge on any atom is -0.360 e. The maximum atomic E-state index is 3.68. The molecule has 1 aliphatic heterocycles. The van der Waals surface area contributed by atoms with E-state index in [1.165, 1.54) is 49.3 Å². The maximum Gasteiger partial charge on any atom is 0.0388 e. The predicted octanol–water partition coefficient (Wildman–Crippen LogP) is 2.99. The molecule has 0 bridgehead atoms. The molecule has 92 valence electrons. The molecular formula is C15H22N2. The van der Waals surface area contributed by atoms with Crippen molar-refractivity contribution in [2.24, 2.45) is 5.92 Å². The zero-order valence-corrected chi connectivity index (χ0v) is 10.9. The van der Waals surface area contributed by atoms with Crippen LogP contribution in [0.2, 0.25) is 0 Å². The zero-order valence-electron chi connectivity index (χ0n) is 10.9. The quantitative estimate of drug-likeness (QED) is 0.827. The van der Waals surface area contributed by atoms with E-state index in [4.69, 9.17) is 0 Å². The summed E-state index contributed by atoms with van der Waals surface area (Å²) < 4.78 is 0. The summed E-state index contributed by atoms with van der Waals surface area (Å²) in [5.41, 5.74) is 6.06. The van der Waals surface area contributed by atoms with Crippen LogP contribution in [0.25, 0.3) is 6.08 Å². The SMILES string of the molecule is CCCN1CCc2c([nH]c3c2C=CC(C)C3)C1. The third-order valence-corrected chi connectivity index (χ3v) is 4.03. The molecule has 17 heavy (non-hydrogen) atoms. The van der Waals surface area contributed by atoms with Crippen LogP contribution in [0, 0.1) is 5.92 Å². The van der Waals surface area contributed by atoms with Gasteiger partial charge >= 0.3 is 0 Å². The summed E-state index contributed by atoms with van der Waals surface area (Å²) in [4.78, 5) is 6.25. The second-order valence-electron chi connectivity index (χ2n) is 5.54. The largest absolute Gasteiger partial charge is 0.360 e. The number of nitrogens with one attached hydrogen (secondary N) is 1. The summed E-state index contributed by atoms with van der Waals surface area (Å²) >= 11 is 0. The van der Waals surface area contributed by atoms with E-state index in [9.17, 15) is 0 Å². The van der Waals surface area contributed by atoms with Crippen LogP contribution in [-0.4, -0.2) is 23.0 Å². The summed E-state index contributed by atoms with van der Waals surface area (Å²) in [6, 6.07) is 0. The number of H-pyrrole nitrogens is 1. The van der Waals surface area contributed by atoms with Crippen LogP contribution < -0.4 is 0 Å². The van der Waals surface area contributed by atoms with Gasteiger partial charge in [-0.2, -0.15) is 0 Å². The number of fused-ring (bicyclic) bond motifs is 3. The van der Waals surface area contributed by atoms with Gasteiger partial charge in [0.2, 0.25) is 0 Å². The Hall–Kier alpha value is -1.02. The monoisotopic (exact) mass is 230 g/mol. The molecule has 1 atom stereocenters. The Morgan fingerprint density at radius 1 is 1.41 bits per heavy atom. The molecular weight excluding hydrogens is 208 g/mol. The van der Waals surface area contributed by atoms with Gasteiger partial charge < -0.3 is 4.98 Å². The van der Waals surface area contributed by atoms with Crippen molar-refractivity contribution in [1.29, 1.82) is 0 Å².